The van der Waals surface area contributed by atoms with Gasteiger partial charge in [0.25, 0.3) is 0 Å². The van der Waals surface area contributed by atoms with Crippen LogP contribution in [0.15, 0.2) is 30.3 Å². The molecule has 0 saturated carbocycles. The fraction of sp³-hybridized carbons (Fsp3) is 0.632. The quantitative estimate of drug-likeness (QED) is 0.813. The first-order valence-corrected chi connectivity index (χ1v) is 8.81. The Balaban J connectivity index is 1.76. The number of nitrogens with zero attached hydrogens (tertiary/aromatic N) is 1. The molecular formula is C19H30N2O2. The largest absolute Gasteiger partial charge is 0.385 e. The van der Waals surface area contributed by atoms with E-state index in [9.17, 15) is 9.90 Å². The van der Waals surface area contributed by atoms with E-state index in [1.165, 1.54) is 25.7 Å². The highest BCUT2D eigenvalue weighted by molar-refractivity contribution is 5.77. The molecule has 1 aliphatic rings. The minimum absolute atomic E-state index is 0.0915. The first kappa shape index (κ1) is 18.0. The fourth-order valence-electron chi connectivity index (χ4n) is 3.43. The van der Waals surface area contributed by atoms with E-state index in [2.05, 4.69) is 17.1 Å². The summed E-state index contributed by atoms with van der Waals surface area (Å²) >= 11 is 0. The Morgan fingerprint density at radius 3 is 2.78 bits per heavy atom. The molecule has 2 unspecified atom stereocenters. The van der Waals surface area contributed by atoms with Crippen LogP contribution >= 0.6 is 0 Å². The summed E-state index contributed by atoms with van der Waals surface area (Å²) in [5, 5.41) is 13.5. The van der Waals surface area contributed by atoms with Crippen LogP contribution in [0.4, 0.5) is 0 Å². The molecule has 4 heteroatoms. The Labute approximate surface area is 139 Å². The van der Waals surface area contributed by atoms with E-state index in [1.54, 1.807) is 6.92 Å². The predicted molar refractivity (Wildman–Crippen MR) is 93.1 cm³/mol. The average Bonchev–Trinajstić information content (AvgIpc) is 2.55. The van der Waals surface area contributed by atoms with E-state index in [4.69, 9.17) is 0 Å². The molecule has 0 aliphatic carbocycles. The number of aliphatic hydroxyl groups is 1. The van der Waals surface area contributed by atoms with Crippen LogP contribution in [0.5, 0.6) is 0 Å². The van der Waals surface area contributed by atoms with Gasteiger partial charge in [0.2, 0.25) is 5.91 Å². The molecule has 0 aromatic heterocycles. The molecule has 1 heterocycles. The van der Waals surface area contributed by atoms with E-state index >= 15 is 0 Å². The van der Waals surface area contributed by atoms with E-state index in [0.29, 0.717) is 12.6 Å². The molecule has 1 aliphatic heterocycles. The highest BCUT2D eigenvalue weighted by Gasteiger charge is 2.26. The molecule has 0 bridgehead atoms. The second-order valence-electron chi connectivity index (χ2n) is 6.76. The lowest BCUT2D eigenvalue weighted by molar-refractivity contribution is -0.125. The van der Waals surface area contributed by atoms with Gasteiger partial charge in [-0.15, -0.1) is 0 Å². The molecule has 1 fully saturated rings. The third-order valence-corrected chi connectivity index (χ3v) is 4.84. The number of hydrogen-bond donors (Lipinski definition) is 2. The third-order valence-electron chi connectivity index (χ3n) is 4.84. The van der Waals surface area contributed by atoms with Crippen molar-refractivity contribution in [3.05, 3.63) is 35.9 Å². The third kappa shape index (κ3) is 5.33. The first-order chi connectivity index (χ1) is 11.0. The van der Waals surface area contributed by atoms with Gasteiger partial charge in [-0.1, -0.05) is 43.7 Å². The summed E-state index contributed by atoms with van der Waals surface area (Å²) in [5.74, 6) is -0.0936. The zero-order valence-electron chi connectivity index (χ0n) is 14.4. The molecule has 1 aromatic carbocycles. The van der Waals surface area contributed by atoms with Crippen LogP contribution in [0.2, 0.25) is 0 Å². The maximum absolute atomic E-state index is 12.1. The lowest BCUT2D eigenvalue weighted by atomic mass is 9.92. The number of likely N-dealkylation sites (tertiary alicyclic amines) is 1. The summed E-state index contributed by atoms with van der Waals surface area (Å²) in [5.41, 5.74) is -0.347. The van der Waals surface area contributed by atoms with Crippen molar-refractivity contribution in [3.63, 3.8) is 0 Å². The van der Waals surface area contributed by atoms with Crippen LogP contribution in [-0.4, -0.2) is 41.6 Å². The standard InChI is InChI=1S/C19H30N2O2/c1-3-17-11-7-8-13-21(17)14-12-20-18(22)15-19(2,23)16-9-5-4-6-10-16/h4-6,9-10,17,23H,3,7-8,11-15H2,1-2H3,(H,20,22). The number of amides is 1. The lowest BCUT2D eigenvalue weighted by Gasteiger charge is -2.35. The summed E-state index contributed by atoms with van der Waals surface area (Å²) in [6.07, 6.45) is 5.12. The Kier molecular flexibility index (Phi) is 6.60. The van der Waals surface area contributed by atoms with Crippen molar-refractivity contribution in [1.29, 1.82) is 0 Å². The summed E-state index contributed by atoms with van der Waals surface area (Å²) in [6, 6.07) is 10.0. The summed E-state index contributed by atoms with van der Waals surface area (Å²) in [6.45, 7) is 6.62. The van der Waals surface area contributed by atoms with Crippen LogP contribution < -0.4 is 5.32 Å². The molecule has 0 spiro atoms. The second kappa shape index (κ2) is 8.46. The zero-order valence-corrected chi connectivity index (χ0v) is 14.4. The van der Waals surface area contributed by atoms with E-state index in [0.717, 1.165) is 18.7 Å². The summed E-state index contributed by atoms with van der Waals surface area (Å²) < 4.78 is 0. The monoisotopic (exact) mass is 318 g/mol. The molecule has 2 N–H and O–H groups in total. The van der Waals surface area contributed by atoms with Crippen molar-refractivity contribution in [2.45, 2.75) is 57.6 Å². The fourth-order valence-corrected chi connectivity index (χ4v) is 3.43. The van der Waals surface area contributed by atoms with Gasteiger partial charge < -0.3 is 10.4 Å². The van der Waals surface area contributed by atoms with Crippen molar-refractivity contribution in [2.75, 3.05) is 19.6 Å². The number of carbonyl (C=O) groups is 1. The SMILES string of the molecule is CCC1CCCCN1CCNC(=O)CC(C)(O)c1ccccc1. The molecular weight excluding hydrogens is 288 g/mol. The zero-order chi connectivity index (χ0) is 16.7. The van der Waals surface area contributed by atoms with Crippen LogP contribution in [0, 0.1) is 0 Å². The highest BCUT2D eigenvalue weighted by Crippen LogP contribution is 2.24. The second-order valence-corrected chi connectivity index (χ2v) is 6.76. The average molecular weight is 318 g/mol. The lowest BCUT2D eigenvalue weighted by Crippen LogP contribution is -2.44. The summed E-state index contributed by atoms with van der Waals surface area (Å²) in [7, 11) is 0. The van der Waals surface area contributed by atoms with Gasteiger partial charge in [-0.05, 0) is 38.3 Å². The first-order valence-electron chi connectivity index (χ1n) is 8.81. The van der Waals surface area contributed by atoms with Gasteiger partial charge in [-0.3, -0.25) is 9.69 Å². The van der Waals surface area contributed by atoms with E-state index < -0.39 is 5.60 Å². The number of carbonyl (C=O) groups excluding carboxylic acids is 1. The maximum atomic E-state index is 12.1. The number of rotatable bonds is 7. The van der Waals surface area contributed by atoms with E-state index in [1.807, 2.05) is 30.3 Å². The smallest absolute Gasteiger partial charge is 0.223 e. The van der Waals surface area contributed by atoms with Gasteiger partial charge in [-0.2, -0.15) is 0 Å². The number of nitrogens with one attached hydrogen (secondary N) is 1. The molecule has 4 nitrogen and oxygen atoms in total. The molecule has 2 rings (SSSR count). The molecule has 2 atom stereocenters. The van der Waals surface area contributed by atoms with Gasteiger partial charge in [0.15, 0.2) is 0 Å². The Morgan fingerprint density at radius 2 is 2.09 bits per heavy atom. The molecule has 1 amide bonds. The van der Waals surface area contributed by atoms with E-state index in [-0.39, 0.29) is 12.3 Å². The molecule has 1 aromatic rings. The number of piperidine rings is 1. The molecule has 23 heavy (non-hydrogen) atoms. The normalized spacial score (nSPS) is 21.6. The topological polar surface area (TPSA) is 52.6 Å². The predicted octanol–water partition coefficient (Wildman–Crippen LogP) is 2.66. The minimum Gasteiger partial charge on any atom is -0.385 e. The van der Waals surface area contributed by atoms with Crippen LogP contribution in [0.3, 0.4) is 0 Å². The molecule has 1 saturated heterocycles. The summed E-state index contributed by atoms with van der Waals surface area (Å²) in [4.78, 5) is 14.6. The molecule has 0 radical (unpaired) electrons. The number of hydrogen-bond acceptors (Lipinski definition) is 3. The Bertz CT molecular complexity index is 487. The Morgan fingerprint density at radius 1 is 1.35 bits per heavy atom. The number of benzene rings is 1. The van der Waals surface area contributed by atoms with Gasteiger partial charge >= 0.3 is 0 Å². The van der Waals surface area contributed by atoms with Crippen molar-refractivity contribution < 1.29 is 9.90 Å². The van der Waals surface area contributed by atoms with Gasteiger partial charge in [0.05, 0.1) is 12.0 Å². The van der Waals surface area contributed by atoms with Crippen LogP contribution in [-0.2, 0) is 10.4 Å². The van der Waals surface area contributed by atoms with Crippen molar-refractivity contribution >= 4 is 5.91 Å². The van der Waals surface area contributed by atoms with Crippen molar-refractivity contribution in [3.8, 4) is 0 Å². The minimum atomic E-state index is -1.12. The maximum Gasteiger partial charge on any atom is 0.223 e. The van der Waals surface area contributed by atoms with Gasteiger partial charge in [-0.25, -0.2) is 0 Å². The van der Waals surface area contributed by atoms with Crippen LogP contribution in [0.25, 0.3) is 0 Å². The van der Waals surface area contributed by atoms with Crippen LogP contribution in [0.1, 0.15) is 51.5 Å². The van der Waals surface area contributed by atoms with Crippen molar-refractivity contribution in [1.82, 2.24) is 10.2 Å². The molecule has 128 valence electrons. The van der Waals surface area contributed by atoms with Gasteiger partial charge in [0, 0.05) is 19.1 Å². The van der Waals surface area contributed by atoms with Gasteiger partial charge in [0.1, 0.15) is 0 Å². The van der Waals surface area contributed by atoms with Crippen molar-refractivity contribution in [2.24, 2.45) is 0 Å². The Hall–Kier alpha value is -1.39. The highest BCUT2D eigenvalue weighted by atomic mass is 16.3.